The smallest absolute Gasteiger partial charge is 0.124 e. The van der Waals surface area contributed by atoms with Crippen LogP contribution in [0.1, 0.15) is 32.3 Å². The van der Waals surface area contributed by atoms with Crippen molar-refractivity contribution in [3.8, 4) is 0 Å². The van der Waals surface area contributed by atoms with E-state index >= 15 is 0 Å². The summed E-state index contributed by atoms with van der Waals surface area (Å²) >= 11 is 9.62. The molecule has 1 aromatic carbocycles. The molecule has 0 saturated heterocycles. The van der Waals surface area contributed by atoms with E-state index in [0.717, 1.165) is 24.8 Å². The summed E-state index contributed by atoms with van der Waals surface area (Å²) in [4.78, 5) is 0.508. The largest absolute Gasteiger partial charge is 0.207 e. The van der Waals surface area contributed by atoms with E-state index in [1.54, 1.807) is 6.07 Å². The van der Waals surface area contributed by atoms with Gasteiger partial charge >= 0.3 is 0 Å². The van der Waals surface area contributed by atoms with Gasteiger partial charge in [0.2, 0.25) is 0 Å². The normalized spacial score (nSPS) is 13.1. The maximum absolute atomic E-state index is 12.8. The van der Waals surface area contributed by atoms with Gasteiger partial charge in [0.25, 0.3) is 0 Å². The highest BCUT2D eigenvalue weighted by Crippen LogP contribution is 2.23. The molecule has 1 rings (SSSR count). The fourth-order valence-electron chi connectivity index (χ4n) is 1.67. The molecular weight excluding hydrogens is 290 g/mol. The van der Waals surface area contributed by atoms with E-state index in [0.29, 0.717) is 15.8 Å². The number of benzene rings is 1. The molecule has 0 aliphatic carbocycles. The second-order valence-corrected chi connectivity index (χ2v) is 6.20. The van der Waals surface area contributed by atoms with Gasteiger partial charge < -0.3 is 0 Å². The lowest BCUT2D eigenvalue weighted by atomic mass is 10.0. The van der Waals surface area contributed by atoms with Crippen LogP contribution >= 0.6 is 27.5 Å². The molecule has 0 N–H and O–H groups in total. The summed E-state index contributed by atoms with van der Waals surface area (Å²) in [6.07, 6.45) is 3.07. The number of rotatable bonds is 5. The molecule has 0 heterocycles. The summed E-state index contributed by atoms with van der Waals surface area (Å²) < 4.78 is 12.8. The maximum Gasteiger partial charge on any atom is 0.124 e. The Morgan fingerprint density at radius 1 is 1.38 bits per heavy atom. The lowest BCUT2D eigenvalue weighted by Crippen LogP contribution is -2.04. The molecule has 16 heavy (non-hydrogen) atoms. The van der Waals surface area contributed by atoms with Gasteiger partial charge in [0, 0.05) is 9.85 Å². The molecule has 90 valence electrons. The van der Waals surface area contributed by atoms with Crippen molar-refractivity contribution < 1.29 is 4.39 Å². The highest BCUT2D eigenvalue weighted by atomic mass is 79.9. The van der Waals surface area contributed by atoms with Crippen molar-refractivity contribution in [3.63, 3.8) is 0 Å². The molecule has 0 fully saturated rings. The molecular formula is C13H17BrClF. The van der Waals surface area contributed by atoms with Gasteiger partial charge in [-0.3, -0.25) is 0 Å². The van der Waals surface area contributed by atoms with Crippen LogP contribution in [0.15, 0.2) is 18.2 Å². The van der Waals surface area contributed by atoms with Crippen molar-refractivity contribution in [2.45, 2.75) is 37.9 Å². The second kappa shape index (κ2) is 6.61. The molecule has 0 radical (unpaired) electrons. The van der Waals surface area contributed by atoms with E-state index in [2.05, 4.69) is 29.8 Å². The van der Waals surface area contributed by atoms with E-state index in [9.17, 15) is 4.39 Å². The van der Waals surface area contributed by atoms with Crippen LogP contribution in [0.2, 0.25) is 5.02 Å². The number of halogens is 3. The second-order valence-electron chi connectivity index (χ2n) is 4.50. The van der Waals surface area contributed by atoms with Gasteiger partial charge in [-0.1, -0.05) is 47.4 Å². The lowest BCUT2D eigenvalue weighted by Gasteiger charge is -2.12. The Kier molecular flexibility index (Phi) is 5.77. The minimum Gasteiger partial charge on any atom is -0.207 e. The average molecular weight is 308 g/mol. The fraction of sp³-hybridized carbons (Fsp3) is 0.538. The van der Waals surface area contributed by atoms with Crippen LogP contribution in [0.25, 0.3) is 0 Å². The van der Waals surface area contributed by atoms with Crippen molar-refractivity contribution >= 4 is 27.5 Å². The third-order valence-electron chi connectivity index (χ3n) is 2.47. The van der Waals surface area contributed by atoms with Gasteiger partial charge in [0.15, 0.2) is 0 Å². The number of alkyl halides is 1. The van der Waals surface area contributed by atoms with Gasteiger partial charge in [0.05, 0.1) is 0 Å². The van der Waals surface area contributed by atoms with Crippen LogP contribution in [-0.4, -0.2) is 4.83 Å². The van der Waals surface area contributed by atoms with E-state index in [4.69, 9.17) is 11.6 Å². The van der Waals surface area contributed by atoms with Gasteiger partial charge in [-0.15, -0.1) is 0 Å². The molecule has 0 nitrogen and oxygen atoms in total. The van der Waals surface area contributed by atoms with Gasteiger partial charge in [-0.2, -0.15) is 0 Å². The predicted molar refractivity (Wildman–Crippen MR) is 71.9 cm³/mol. The van der Waals surface area contributed by atoms with Crippen LogP contribution in [0.4, 0.5) is 4.39 Å². The first kappa shape index (κ1) is 14.0. The van der Waals surface area contributed by atoms with Gasteiger partial charge in [-0.05, 0) is 42.9 Å². The summed E-state index contributed by atoms with van der Waals surface area (Å²) in [6.45, 7) is 4.41. The van der Waals surface area contributed by atoms with Crippen LogP contribution in [0.3, 0.4) is 0 Å². The van der Waals surface area contributed by atoms with Crippen LogP contribution in [0, 0.1) is 11.7 Å². The Bertz CT molecular complexity index is 339. The molecule has 0 spiro atoms. The molecule has 1 aromatic rings. The van der Waals surface area contributed by atoms with E-state index in [1.807, 2.05) is 0 Å². The third-order valence-corrected chi connectivity index (χ3v) is 3.65. The Hall–Kier alpha value is -0.0800. The number of hydrogen-bond acceptors (Lipinski definition) is 0. The molecule has 1 unspecified atom stereocenters. The molecule has 0 saturated carbocycles. The van der Waals surface area contributed by atoms with Crippen molar-refractivity contribution in [1.29, 1.82) is 0 Å². The van der Waals surface area contributed by atoms with Gasteiger partial charge in [-0.25, -0.2) is 4.39 Å². The molecule has 0 aliphatic heterocycles. The summed E-state index contributed by atoms with van der Waals surface area (Å²) in [5.74, 6) is 0.416. The predicted octanol–water partition coefficient (Wildman–Crippen LogP) is 5.22. The van der Waals surface area contributed by atoms with Crippen molar-refractivity contribution in [1.82, 2.24) is 0 Å². The van der Waals surface area contributed by atoms with Crippen molar-refractivity contribution in [2.24, 2.45) is 5.92 Å². The molecule has 1 atom stereocenters. The third kappa shape index (κ3) is 4.84. The molecule has 0 amide bonds. The Balaban J connectivity index is 2.48. The topological polar surface area (TPSA) is 0 Å². The summed E-state index contributed by atoms with van der Waals surface area (Å²) in [7, 11) is 0. The van der Waals surface area contributed by atoms with Crippen molar-refractivity contribution in [3.05, 3.63) is 34.6 Å². The Morgan fingerprint density at radius 3 is 2.62 bits per heavy atom. The maximum atomic E-state index is 12.8. The molecule has 0 bridgehead atoms. The minimum atomic E-state index is -0.272. The highest BCUT2D eigenvalue weighted by molar-refractivity contribution is 9.09. The summed E-state index contributed by atoms with van der Waals surface area (Å²) in [5.41, 5.74) is 1.02. The fourth-order valence-corrected chi connectivity index (χ4v) is 2.90. The first-order chi connectivity index (χ1) is 7.49. The summed E-state index contributed by atoms with van der Waals surface area (Å²) in [5, 5.41) is 0.532. The van der Waals surface area contributed by atoms with Gasteiger partial charge in [0.1, 0.15) is 5.82 Å². The number of hydrogen-bond donors (Lipinski definition) is 0. The highest BCUT2D eigenvalue weighted by Gasteiger charge is 2.09. The van der Waals surface area contributed by atoms with Crippen LogP contribution < -0.4 is 0 Å². The zero-order valence-corrected chi connectivity index (χ0v) is 12.0. The monoisotopic (exact) mass is 306 g/mol. The zero-order valence-electron chi connectivity index (χ0n) is 9.64. The van der Waals surface area contributed by atoms with E-state index in [-0.39, 0.29) is 5.82 Å². The summed E-state index contributed by atoms with van der Waals surface area (Å²) in [6, 6.07) is 4.61. The van der Waals surface area contributed by atoms with Crippen LogP contribution in [0.5, 0.6) is 0 Å². The van der Waals surface area contributed by atoms with E-state index < -0.39 is 0 Å². The van der Waals surface area contributed by atoms with Crippen LogP contribution in [-0.2, 0) is 6.42 Å². The first-order valence-corrected chi connectivity index (χ1v) is 6.86. The first-order valence-electron chi connectivity index (χ1n) is 5.57. The van der Waals surface area contributed by atoms with Crippen molar-refractivity contribution in [2.75, 3.05) is 0 Å². The molecule has 3 heteroatoms. The lowest BCUT2D eigenvalue weighted by molar-refractivity contribution is 0.554. The standard InChI is InChI=1S/C13H17BrClF/c1-9(2)7-11(14)5-3-10-4-6-12(16)8-13(10)15/h4,6,8-9,11H,3,5,7H2,1-2H3. The Morgan fingerprint density at radius 2 is 2.06 bits per heavy atom. The average Bonchev–Trinajstić information content (AvgIpc) is 2.15. The SMILES string of the molecule is CC(C)CC(Br)CCc1ccc(F)cc1Cl. The molecule has 0 aromatic heterocycles. The zero-order chi connectivity index (χ0) is 12.1. The minimum absolute atomic E-state index is 0.272. The Labute approximate surface area is 110 Å². The molecule has 0 aliphatic rings. The number of aryl methyl sites for hydroxylation is 1. The van der Waals surface area contributed by atoms with E-state index in [1.165, 1.54) is 12.1 Å². The quantitative estimate of drug-likeness (QED) is 0.654.